The highest BCUT2D eigenvalue weighted by molar-refractivity contribution is 6.00. The molecule has 2 fully saturated rings. The number of nitrogens with one attached hydrogen (secondary N) is 1. The molecule has 4 nitrogen and oxygen atoms in total. The zero-order valence-corrected chi connectivity index (χ0v) is 13.4. The fraction of sp³-hybridized carbons (Fsp3) is 0.556. The van der Waals surface area contributed by atoms with E-state index >= 15 is 0 Å². The molecule has 1 N–H and O–H groups in total. The number of hydrogen-bond acceptors (Lipinski definition) is 2. The highest BCUT2D eigenvalue weighted by Crippen LogP contribution is 2.27. The molecule has 0 aromatic heterocycles. The Balaban J connectivity index is 1.67. The van der Waals surface area contributed by atoms with Crippen molar-refractivity contribution in [3.8, 4) is 0 Å². The molecule has 22 heavy (non-hydrogen) atoms. The Labute approximate surface area is 131 Å². The summed E-state index contributed by atoms with van der Waals surface area (Å²) in [5, 5.41) is 3.12. The fourth-order valence-electron chi connectivity index (χ4n) is 3.42. The van der Waals surface area contributed by atoms with Gasteiger partial charge in [-0.05, 0) is 49.9 Å². The summed E-state index contributed by atoms with van der Waals surface area (Å²) >= 11 is 0. The van der Waals surface area contributed by atoms with Crippen LogP contribution in [0.2, 0.25) is 0 Å². The Kier molecular flexibility index (Phi) is 4.19. The van der Waals surface area contributed by atoms with Gasteiger partial charge in [-0.3, -0.25) is 9.59 Å². The summed E-state index contributed by atoms with van der Waals surface area (Å²) in [6.45, 7) is 4.60. The lowest BCUT2D eigenvalue weighted by Gasteiger charge is -2.19. The molecule has 1 atom stereocenters. The highest BCUT2D eigenvalue weighted by atomic mass is 16.2. The molecule has 0 bridgehead atoms. The molecule has 0 spiro atoms. The number of rotatable bonds is 3. The van der Waals surface area contributed by atoms with Crippen molar-refractivity contribution in [2.24, 2.45) is 5.92 Å². The number of hydrogen-bond donors (Lipinski definition) is 1. The molecule has 1 aliphatic carbocycles. The number of nitrogens with zero attached hydrogens (tertiary/aromatic N) is 1. The van der Waals surface area contributed by atoms with E-state index in [-0.39, 0.29) is 17.7 Å². The third-order valence-electron chi connectivity index (χ3n) is 5.00. The first-order valence-electron chi connectivity index (χ1n) is 8.22. The molecule has 2 aliphatic rings. The summed E-state index contributed by atoms with van der Waals surface area (Å²) in [4.78, 5) is 26.4. The van der Waals surface area contributed by atoms with Gasteiger partial charge in [0.1, 0.15) is 0 Å². The number of benzene rings is 1. The van der Waals surface area contributed by atoms with Crippen LogP contribution in [0.15, 0.2) is 18.2 Å². The molecule has 1 aliphatic heterocycles. The van der Waals surface area contributed by atoms with Crippen LogP contribution in [0.3, 0.4) is 0 Å². The molecule has 0 radical (unpaired) electrons. The van der Waals surface area contributed by atoms with Crippen molar-refractivity contribution in [3.05, 3.63) is 29.3 Å². The van der Waals surface area contributed by atoms with Crippen LogP contribution in [0, 0.1) is 19.8 Å². The molecule has 1 aromatic carbocycles. The molecular weight excluding hydrogens is 276 g/mol. The summed E-state index contributed by atoms with van der Waals surface area (Å²) < 4.78 is 0. The van der Waals surface area contributed by atoms with E-state index in [2.05, 4.69) is 12.2 Å². The predicted octanol–water partition coefficient (Wildman–Crippen LogP) is 2.72. The van der Waals surface area contributed by atoms with Crippen LogP contribution >= 0.6 is 0 Å². The van der Waals surface area contributed by atoms with Crippen molar-refractivity contribution in [1.29, 1.82) is 0 Å². The van der Waals surface area contributed by atoms with Gasteiger partial charge in [0, 0.05) is 24.7 Å². The van der Waals surface area contributed by atoms with E-state index in [0.29, 0.717) is 19.0 Å². The van der Waals surface area contributed by atoms with Crippen LogP contribution in [-0.4, -0.2) is 24.4 Å². The number of anilines is 1. The molecule has 1 saturated heterocycles. The van der Waals surface area contributed by atoms with Crippen molar-refractivity contribution >= 4 is 17.5 Å². The lowest BCUT2D eigenvalue weighted by molar-refractivity contribution is -0.126. The second-order valence-corrected chi connectivity index (χ2v) is 6.66. The van der Waals surface area contributed by atoms with Gasteiger partial charge < -0.3 is 10.2 Å². The van der Waals surface area contributed by atoms with Crippen molar-refractivity contribution in [2.75, 3.05) is 11.4 Å². The van der Waals surface area contributed by atoms with Crippen LogP contribution < -0.4 is 10.2 Å². The highest BCUT2D eigenvalue weighted by Gasteiger charge is 2.36. The molecular formula is C18H24N2O2. The van der Waals surface area contributed by atoms with Crippen LogP contribution in [0.25, 0.3) is 0 Å². The first-order chi connectivity index (χ1) is 10.5. The number of amides is 2. The average molecular weight is 300 g/mol. The largest absolute Gasteiger partial charge is 0.353 e. The van der Waals surface area contributed by atoms with Gasteiger partial charge in [0.25, 0.3) is 0 Å². The maximum absolute atomic E-state index is 12.4. The third-order valence-corrected chi connectivity index (χ3v) is 5.00. The number of carbonyl (C=O) groups excluding carboxylic acids is 2. The van der Waals surface area contributed by atoms with E-state index in [9.17, 15) is 9.59 Å². The summed E-state index contributed by atoms with van der Waals surface area (Å²) in [5.41, 5.74) is 3.29. The van der Waals surface area contributed by atoms with Gasteiger partial charge in [0.05, 0.1) is 5.92 Å². The van der Waals surface area contributed by atoms with E-state index in [4.69, 9.17) is 0 Å². The third kappa shape index (κ3) is 3.01. The molecule has 4 heteroatoms. The molecule has 3 rings (SSSR count). The quantitative estimate of drug-likeness (QED) is 0.933. The zero-order chi connectivity index (χ0) is 15.7. The second-order valence-electron chi connectivity index (χ2n) is 6.66. The average Bonchev–Trinajstić information content (AvgIpc) is 3.11. The minimum Gasteiger partial charge on any atom is -0.353 e. The Morgan fingerprint density at radius 1 is 1.18 bits per heavy atom. The topological polar surface area (TPSA) is 49.4 Å². The predicted molar refractivity (Wildman–Crippen MR) is 86.8 cm³/mol. The van der Waals surface area contributed by atoms with Gasteiger partial charge in [-0.1, -0.05) is 18.9 Å². The maximum Gasteiger partial charge on any atom is 0.227 e. The minimum atomic E-state index is -0.213. The molecule has 1 saturated carbocycles. The summed E-state index contributed by atoms with van der Waals surface area (Å²) in [7, 11) is 0. The van der Waals surface area contributed by atoms with Gasteiger partial charge in [0.15, 0.2) is 0 Å². The molecule has 1 aromatic rings. The van der Waals surface area contributed by atoms with E-state index in [1.165, 1.54) is 24.0 Å². The van der Waals surface area contributed by atoms with Crippen LogP contribution in [0.1, 0.15) is 43.2 Å². The molecule has 0 unspecified atom stereocenters. The van der Waals surface area contributed by atoms with Crippen LogP contribution in [0.4, 0.5) is 5.69 Å². The Morgan fingerprint density at radius 3 is 2.59 bits per heavy atom. The SMILES string of the molecule is Cc1ccc(N2C[C@H](C(=O)NC3CCCC3)CC2=O)cc1C. The minimum absolute atomic E-state index is 0.0478. The van der Waals surface area contributed by atoms with Gasteiger partial charge in [-0.25, -0.2) is 0 Å². The lowest BCUT2D eigenvalue weighted by Crippen LogP contribution is -2.38. The Hall–Kier alpha value is -1.84. The van der Waals surface area contributed by atoms with Crippen molar-refractivity contribution in [3.63, 3.8) is 0 Å². The normalized spacial score (nSPS) is 22.4. The van der Waals surface area contributed by atoms with E-state index in [1.54, 1.807) is 4.90 Å². The molecule has 118 valence electrons. The van der Waals surface area contributed by atoms with Crippen molar-refractivity contribution in [2.45, 2.75) is 52.0 Å². The lowest BCUT2D eigenvalue weighted by atomic mass is 10.1. The van der Waals surface area contributed by atoms with E-state index in [0.717, 1.165) is 18.5 Å². The van der Waals surface area contributed by atoms with E-state index < -0.39 is 0 Å². The summed E-state index contributed by atoms with van der Waals surface area (Å²) in [6.07, 6.45) is 4.87. The van der Waals surface area contributed by atoms with Crippen molar-refractivity contribution < 1.29 is 9.59 Å². The number of aryl methyl sites for hydroxylation is 2. The first kappa shape index (κ1) is 15.1. The van der Waals surface area contributed by atoms with Crippen molar-refractivity contribution in [1.82, 2.24) is 5.32 Å². The maximum atomic E-state index is 12.4. The zero-order valence-electron chi connectivity index (χ0n) is 13.4. The summed E-state index contributed by atoms with van der Waals surface area (Å²) in [5.74, 6) is -0.115. The number of carbonyl (C=O) groups is 2. The van der Waals surface area contributed by atoms with Crippen LogP contribution in [-0.2, 0) is 9.59 Å². The fourth-order valence-corrected chi connectivity index (χ4v) is 3.42. The molecule has 1 heterocycles. The standard InChI is InChI=1S/C18H24N2O2/c1-12-7-8-16(9-13(12)2)20-11-14(10-17(20)21)18(22)19-15-5-3-4-6-15/h7-9,14-15H,3-6,10-11H2,1-2H3,(H,19,22)/t14-/m1/s1. The van der Waals surface area contributed by atoms with Gasteiger partial charge in [-0.2, -0.15) is 0 Å². The Morgan fingerprint density at radius 2 is 1.91 bits per heavy atom. The Bertz CT molecular complexity index is 591. The second kappa shape index (κ2) is 6.11. The monoisotopic (exact) mass is 300 g/mol. The van der Waals surface area contributed by atoms with Gasteiger partial charge in [-0.15, -0.1) is 0 Å². The summed E-state index contributed by atoms with van der Waals surface area (Å²) in [6, 6.07) is 6.35. The molecule has 2 amide bonds. The van der Waals surface area contributed by atoms with Crippen LogP contribution in [0.5, 0.6) is 0 Å². The van der Waals surface area contributed by atoms with Gasteiger partial charge >= 0.3 is 0 Å². The first-order valence-corrected chi connectivity index (χ1v) is 8.22. The van der Waals surface area contributed by atoms with E-state index in [1.807, 2.05) is 25.1 Å². The smallest absolute Gasteiger partial charge is 0.227 e. The van der Waals surface area contributed by atoms with Gasteiger partial charge in [0.2, 0.25) is 11.8 Å².